The number of aliphatic hydroxyl groups is 1. The number of hydrogen-bond donors (Lipinski definition) is 2. The number of amides is 1. The lowest BCUT2D eigenvalue weighted by Crippen LogP contribution is -2.49. The summed E-state index contributed by atoms with van der Waals surface area (Å²) in [6.45, 7) is 3.76. The Hall–Kier alpha value is -1.63. The summed E-state index contributed by atoms with van der Waals surface area (Å²) in [6, 6.07) is 7.55. The molecule has 0 unspecified atom stereocenters. The number of ether oxygens (including phenoxy) is 2. The van der Waals surface area contributed by atoms with E-state index in [9.17, 15) is 9.90 Å². The van der Waals surface area contributed by atoms with Gasteiger partial charge in [0, 0.05) is 13.1 Å². The number of rotatable bonds is 7. The van der Waals surface area contributed by atoms with E-state index in [1.54, 1.807) is 7.11 Å². The van der Waals surface area contributed by atoms with Crippen molar-refractivity contribution in [3.05, 3.63) is 29.8 Å². The Bertz CT molecular complexity index is 572. The third-order valence-electron chi connectivity index (χ3n) is 5.32. The molecule has 26 heavy (non-hydrogen) atoms. The first-order valence-electron chi connectivity index (χ1n) is 9.62. The topological polar surface area (TPSA) is 71.0 Å². The monoisotopic (exact) mass is 362 g/mol. The van der Waals surface area contributed by atoms with Crippen molar-refractivity contribution < 1.29 is 19.4 Å². The van der Waals surface area contributed by atoms with Crippen molar-refractivity contribution in [3.63, 3.8) is 0 Å². The number of likely N-dealkylation sites (tertiary alicyclic amines) is 1. The lowest BCUT2D eigenvalue weighted by molar-refractivity contribution is -0.158. The van der Waals surface area contributed by atoms with E-state index in [4.69, 9.17) is 9.47 Å². The molecule has 0 radical (unpaired) electrons. The molecular weight excluding hydrogens is 332 g/mol. The van der Waals surface area contributed by atoms with E-state index >= 15 is 0 Å². The summed E-state index contributed by atoms with van der Waals surface area (Å²) in [5.41, 5.74) is 0.982. The summed E-state index contributed by atoms with van der Waals surface area (Å²) in [4.78, 5) is 14.9. The van der Waals surface area contributed by atoms with Gasteiger partial charge in [0.05, 0.1) is 19.3 Å². The Morgan fingerprint density at radius 2 is 2.00 bits per heavy atom. The lowest BCUT2D eigenvalue weighted by Gasteiger charge is -2.33. The number of aliphatic hydroxyl groups excluding tert-OH is 1. The standard InChI is InChI=1S/C20H30N2O4/c1-25-16-6-4-15(5-7-16)14-21-20(24)19-18(23)9-8-17(26-19)10-13-22-11-2-3-12-22/h4-7,17-19,23H,2-3,8-14H2,1H3,(H,21,24)/t17-,18-,19-/m0/s1. The van der Waals surface area contributed by atoms with Crippen LogP contribution in [-0.4, -0.2) is 61.0 Å². The van der Waals surface area contributed by atoms with Crippen molar-refractivity contribution in [2.45, 2.75) is 57.0 Å². The van der Waals surface area contributed by atoms with Gasteiger partial charge < -0.3 is 24.8 Å². The van der Waals surface area contributed by atoms with Crippen LogP contribution in [0.5, 0.6) is 5.75 Å². The summed E-state index contributed by atoms with van der Waals surface area (Å²) in [6.07, 6.45) is 3.47. The highest BCUT2D eigenvalue weighted by molar-refractivity contribution is 5.81. The Labute approximate surface area is 155 Å². The van der Waals surface area contributed by atoms with Gasteiger partial charge in [0.2, 0.25) is 0 Å². The number of methoxy groups -OCH3 is 1. The number of nitrogens with one attached hydrogen (secondary N) is 1. The number of hydrogen-bond acceptors (Lipinski definition) is 5. The van der Waals surface area contributed by atoms with Crippen LogP contribution in [0.2, 0.25) is 0 Å². The van der Waals surface area contributed by atoms with E-state index in [1.165, 1.54) is 25.9 Å². The maximum atomic E-state index is 12.5. The molecule has 2 heterocycles. The summed E-state index contributed by atoms with van der Waals surface area (Å²) in [5, 5.41) is 13.1. The van der Waals surface area contributed by atoms with Crippen LogP contribution in [0, 0.1) is 0 Å². The molecule has 0 bridgehead atoms. The van der Waals surface area contributed by atoms with Gasteiger partial charge in [-0.25, -0.2) is 0 Å². The Balaban J connectivity index is 1.46. The third-order valence-corrected chi connectivity index (χ3v) is 5.32. The third kappa shape index (κ3) is 5.19. The maximum absolute atomic E-state index is 12.5. The molecule has 2 aliphatic rings. The fourth-order valence-corrected chi connectivity index (χ4v) is 3.69. The molecule has 3 atom stereocenters. The minimum absolute atomic E-state index is 0.0516. The van der Waals surface area contributed by atoms with Crippen molar-refractivity contribution in [2.75, 3.05) is 26.7 Å². The van der Waals surface area contributed by atoms with Crippen LogP contribution in [0.1, 0.15) is 37.7 Å². The molecule has 6 heteroatoms. The number of nitrogens with zero attached hydrogens (tertiary/aromatic N) is 1. The summed E-state index contributed by atoms with van der Waals surface area (Å²) >= 11 is 0. The second-order valence-electron chi connectivity index (χ2n) is 7.23. The molecule has 1 aromatic carbocycles. The first-order valence-corrected chi connectivity index (χ1v) is 9.62. The first-order chi connectivity index (χ1) is 12.7. The normalized spacial score (nSPS) is 26.6. The summed E-state index contributed by atoms with van der Waals surface area (Å²) in [5.74, 6) is 0.547. The molecule has 6 nitrogen and oxygen atoms in total. The van der Waals surface area contributed by atoms with Gasteiger partial charge in [-0.1, -0.05) is 12.1 Å². The molecule has 2 N–H and O–H groups in total. The fraction of sp³-hybridized carbons (Fsp3) is 0.650. The quantitative estimate of drug-likeness (QED) is 0.773. The number of carbonyl (C=O) groups is 1. The van der Waals surface area contributed by atoms with Crippen LogP contribution in [0.25, 0.3) is 0 Å². The molecule has 1 amide bonds. The van der Waals surface area contributed by atoms with Crippen molar-refractivity contribution in [1.82, 2.24) is 10.2 Å². The predicted octanol–water partition coefficient (Wildman–Crippen LogP) is 1.71. The van der Waals surface area contributed by atoms with E-state index < -0.39 is 12.2 Å². The van der Waals surface area contributed by atoms with Gasteiger partial charge in [-0.3, -0.25) is 4.79 Å². The summed E-state index contributed by atoms with van der Waals surface area (Å²) < 4.78 is 11.1. The zero-order chi connectivity index (χ0) is 18.4. The Morgan fingerprint density at radius 3 is 2.69 bits per heavy atom. The molecular formula is C20H30N2O4. The second-order valence-corrected chi connectivity index (χ2v) is 7.23. The van der Waals surface area contributed by atoms with Gasteiger partial charge >= 0.3 is 0 Å². The van der Waals surface area contributed by atoms with Gasteiger partial charge in [0.1, 0.15) is 5.75 Å². The highest BCUT2D eigenvalue weighted by atomic mass is 16.5. The highest BCUT2D eigenvalue weighted by Gasteiger charge is 2.35. The number of carbonyl (C=O) groups excluding carboxylic acids is 1. The molecule has 0 spiro atoms. The smallest absolute Gasteiger partial charge is 0.252 e. The van der Waals surface area contributed by atoms with Crippen molar-refractivity contribution in [2.24, 2.45) is 0 Å². The molecule has 1 aromatic rings. The van der Waals surface area contributed by atoms with E-state index in [1.807, 2.05) is 24.3 Å². The average Bonchev–Trinajstić information content (AvgIpc) is 3.19. The molecule has 144 valence electrons. The SMILES string of the molecule is COc1ccc(CNC(=O)[C@H]2O[C@H](CCN3CCCC3)CC[C@@H]2O)cc1. The minimum Gasteiger partial charge on any atom is -0.497 e. The molecule has 0 saturated carbocycles. The molecule has 2 fully saturated rings. The van der Waals surface area contributed by atoms with Crippen LogP contribution in [-0.2, 0) is 16.1 Å². The zero-order valence-electron chi connectivity index (χ0n) is 15.5. The number of benzene rings is 1. The van der Waals surface area contributed by atoms with Crippen molar-refractivity contribution >= 4 is 5.91 Å². The Kier molecular flexibility index (Phi) is 6.88. The fourth-order valence-electron chi connectivity index (χ4n) is 3.69. The minimum atomic E-state index is -0.773. The van der Waals surface area contributed by atoms with Crippen molar-refractivity contribution in [3.8, 4) is 5.75 Å². The highest BCUT2D eigenvalue weighted by Crippen LogP contribution is 2.23. The molecule has 0 aliphatic carbocycles. The van der Waals surface area contributed by atoms with Crippen LogP contribution in [0.4, 0.5) is 0 Å². The largest absolute Gasteiger partial charge is 0.497 e. The van der Waals surface area contributed by atoms with E-state index in [0.29, 0.717) is 13.0 Å². The van der Waals surface area contributed by atoms with Gasteiger partial charge in [-0.15, -0.1) is 0 Å². The van der Waals surface area contributed by atoms with Crippen LogP contribution in [0.15, 0.2) is 24.3 Å². The van der Waals surface area contributed by atoms with Crippen LogP contribution in [0.3, 0.4) is 0 Å². The van der Waals surface area contributed by atoms with Crippen molar-refractivity contribution in [1.29, 1.82) is 0 Å². The van der Waals surface area contributed by atoms with Crippen LogP contribution < -0.4 is 10.1 Å². The zero-order valence-corrected chi connectivity index (χ0v) is 15.5. The van der Waals surface area contributed by atoms with E-state index in [2.05, 4.69) is 10.2 Å². The molecule has 0 aromatic heterocycles. The first kappa shape index (κ1) is 19.1. The average molecular weight is 362 g/mol. The Morgan fingerprint density at radius 1 is 1.27 bits per heavy atom. The summed E-state index contributed by atoms with van der Waals surface area (Å²) in [7, 11) is 1.62. The molecule has 2 saturated heterocycles. The van der Waals surface area contributed by atoms with Gasteiger partial charge in [-0.2, -0.15) is 0 Å². The second kappa shape index (κ2) is 9.35. The molecule has 2 aliphatic heterocycles. The maximum Gasteiger partial charge on any atom is 0.252 e. The van der Waals surface area contributed by atoms with Crippen LogP contribution >= 0.6 is 0 Å². The lowest BCUT2D eigenvalue weighted by atomic mass is 9.98. The van der Waals surface area contributed by atoms with Gasteiger partial charge in [-0.05, 0) is 62.9 Å². The van der Waals surface area contributed by atoms with Gasteiger partial charge in [0.25, 0.3) is 5.91 Å². The van der Waals surface area contributed by atoms with E-state index in [0.717, 1.165) is 30.7 Å². The molecule has 3 rings (SSSR count). The van der Waals surface area contributed by atoms with Gasteiger partial charge in [0.15, 0.2) is 6.10 Å². The van der Waals surface area contributed by atoms with E-state index in [-0.39, 0.29) is 12.0 Å². The predicted molar refractivity (Wildman–Crippen MR) is 99.0 cm³/mol.